The Morgan fingerprint density at radius 1 is 0.829 bits per heavy atom. The van der Waals surface area contributed by atoms with Crippen LogP contribution in [0.2, 0.25) is 5.02 Å². The first-order chi connectivity index (χ1) is 17.2. The number of fused-ring (bicyclic) bond motifs is 1. The number of hydrogen-bond acceptors (Lipinski definition) is 5. The molecule has 0 aliphatic rings. The van der Waals surface area contributed by atoms with Crippen LogP contribution in [-0.4, -0.2) is 18.1 Å². The molecule has 0 spiro atoms. The Bertz CT molecular complexity index is 1480. The van der Waals surface area contributed by atoms with Crippen molar-refractivity contribution in [3.8, 4) is 27.0 Å². The molecule has 2 heterocycles. The number of anilines is 1. The van der Waals surface area contributed by atoms with E-state index in [9.17, 15) is 0 Å². The quantitative estimate of drug-likeness (QED) is 0.221. The van der Waals surface area contributed by atoms with Gasteiger partial charge in [-0.05, 0) is 65.2 Å². The predicted octanol–water partition coefficient (Wildman–Crippen LogP) is 7.36. The zero-order valence-corrected chi connectivity index (χ0v) is 20.5. The summed E-state index contributed by atoms with van der Waals surface area (Å²) in [6, 6.07) is 30.7. The summed E-state index contributed by atoms with van der Waals surface area (Å²) in [6.45, 7) is 2.47. The summed E-state index contributed by atoms with van der Waals surface area (Å²) >= 11 is 7.84. The fourth-order valence-electron chi connectivity index (χ4n) is 3.94. The van der Waals surface area contributed by atoms with Crippen LogP contribution in [0.4, 0.5) is 5.69 Å². The van der Waals surface area contributed by atoms with E-state index in [1.54, 1.807) is 17.5 Å². The summed E-state index contributed by atoms with van der Waals surface area (Å²) in [5.41, 5.74) is 6.24. The normalized spacial score (nSPS) is 10.9. The number of hydrogen-bond donors (Lipinski definition) is 2. The van der Waals surface area contributed by atoms with Crippen molar-refractivity contribution in [2.75, 3.05) is 18.4 Å². The first-order valence-corrected chi connectivity index (χ1v) is 12.6. The van der Waals surface area contributed by atoms with E-state index >= 15 is 0 Å². The lowest BCUT2D eigenvalue weighted by Gasteiger charge is -2.10. The Morgan fingerprint density at radius 3 is 2.26 bits per heavy atom. The summed E-state index contributed by atoms with van der Waals surface area (Å²) in [4.78, 5) is 6.83. The summed E-state index contributed by atoms with van der Waals surface area (Å²) < 4.78 is 0. The highest BCUT2D eigenvalue weighted by Gasteiger charge is 2.06. The zero-order valence-electron chi connectivity index (χ0n) is 19.0. The lowest BCUT2D eigenvalue weighted by Crippen LogP contribution is -2.21. The van der Waals surface area contributed by atoms with Gasteiger partial charge >= 0.3 is 0 Å². The van der Waals surface area contributed by atoms with Crippen molar-refractivity contribution in [2.45, 2.75) is 6.54 Å². The summed E-state index contributed by atoms with van der Waals surface area (Å²) in [5.74, 6) is 0. The van der Waals surface area contributed by atoms with Crippen molar-refractivity contribution in [2.24, 2.45) is 0 Å². The van der Waals surface area contributed by atoms with Gasteiger partial charge in [-0.1, -0.05) is 48.0 Å². The van der Waals surface area contributed by atoms with E-state index in [-0.39, 0.29) is 0 Å². The first kappa shape index (κ1) is 23.1. The zero-order chi connectivity index (χ0) is 24.0. The number of rotatable bonds is 8. The molecule has 0 atom stereocenters. The average molecular weight is 495 g/mol. The van der Waals surface area contributed by atoms with E-state index in [0.717, 1.165) is 41.8 Å². The molecule has 35 heavy (non-hydrogen) atoms. The molecule has 0 unspecified atom stereocenters. The van der Waals surface area contributed by atoms with Crippen LogP contribution < -0.4 is 10.6 Å². The van der Waals surface area contributed by atoms with Crippen LogP contribution in [0.25, 0.3) is 31.8 Å². The second-order valence-electron chi connectivity index (χ2n) is 8.17. The second kappa shape index (κ2) is 10.7. The Labute approximate surface area is 213 Å². The van der Waals surface area contributed by atoms with Crippen LogP contribution in [0.3, 0.4) is 0 Å². The predicted molar refractivity (Wildman–Crippen MR) is 147 cm³/mol. The topological polar surface area (TPSA) is 60.7 Å². The van der Waals surface area contributed by atoms with Crippen molar-refractivity contribution in [1.29, 1.82) is 5.26 Å². The van der Waals surface area contributed by atoms with Gasteiger partial charge in [0.1, 0.15) is 0 Å². The van der Waals surface area contributed by atoms with Crippen LogP contribution >= 0.6 is 22.9 Å². The molecule has 172 valence electrons. The third-order valence-corrected chi connectivity index (χ3v) is 7.21. The fraction of sp³-hybridized carbons (Fsp3) is 0.103. The smallest absolute Gasteiger partial charge is 0.0991 e. The molecular weight excluding hydrogens is 472 g/mol. The van der Waals surface area contributed by atoms with Gasteiger partial charge < -0.3 is 10.6 Å². The maximum atomic E-state index is 8.98. The largest absolute Gasteiger partial charge is 0.383 e. The molecule has 2 aromatic heterocycles. The van der Waals surface area contributed by atoms with Crippen molar-refractivity contribution in [3.63, 3.8) is 0 Å². The molecule has 2 N–H and O–H groups in total. The number of nitrogens with one attached hydrogen (secondary N) is 2. The van der Waals surface area contributed by atoms with E-state index in [0.29, 0.717) is 10.6 Å². The summed E-state index contributed by atoms with van der Waals surface area (Å²) in [5, 5.41) is 17.7. The van der Waals surface area contributed by atoms with Crippen LogP contribution in [0, 0.1) is 11.3 Å². The molecule has 0 saturated carbocycles. The summed E-state index contributed by atoms with van der Waals surface area (Å²) in [6.07, 6.45) is 1.80. The van der Waals surface area contributed by atoms with Gasteiger partial charge in [-0.3, -0.25) is 4.98 Å². The minimum Gasteiger partial charge on any atom is -0.383 e. The van der Waals surface area contributed by atoms with Crippen LogP contribution in [0.5, 0.6) is 0 Å². The Morgan fingerprint density at radius 2 is 1.54 bits per heavy atom. The van der Waals surface area contributed by atoms with Gasteiger partial charge in [0, 0.05) is 51.7 Å². The Hall–Kier alpha value is -3.69. The number of nitriles is 1. The monoisotopic (exact) mass is 494 g/mol. The molecule has 4 nitrogen and oxygen atoms in total. The van der Waals surface area contributed by atoms with E-state index < -0.39 is 0 Å². The molecule has 0 bridgehead atoms. The molecular formula is C29H23ClN4S. The van der Waals surface area contributed by atoms with Crippen molar-refractivity contribution in [1.82, 2.24) is 10.3 Å². The molecule has 0 aliphatic heterocycles. The molecule has 6 heteroatoms. The van der Waals surface area contributed by atoms with Crippen LogP contribution in [0.15, 0.2) is 91.1 Å². The van der Waals surface area contributed by atoms with Gasteiger partial charge in [0.05, 0.1) is 17.1 Å². The van der Waals surface area contributed by atoms with Gasteiger partial charge in [0.15, 0.2) is 0 Å². The number of halogens is 1. The highest BCUT2D eigenvalue weighted by Crippen LogP contribution is 2.34. The average Bonchev–Trinajstić information content (AvgIpc) is 3.39. The number of pyridine rings is 1. The maximum absolute atomic E-state index is 8.98. The van der Waals surface area contributed by atoms with E-state index in [1.165, 1.54) is 20.9 Å². The molecule has 0 saturated heterocycles. The standard InChI is InChI=1S/C29H23ClN4S/c30-24-9-10-25-26(13-14-33-27(25)17-24)34-16-15-32-19-21-3-7-23(8-4-21)29-12-11-28(35-29)22-5-1-20(18-31)2-6-22/h1-14,17,32H,15-16,19H2,(H,33,34). The van der Waals surface area contributed by atoms with Crippen molar-refractivity contribution >= 4 is 39.5 Å². The number of aromatic nitrogens is 1. The molecule has 5 aromatic rings. The molecule has 0 aliphatic carbocycles. The molecule has 0 radical (unpaired) electrons. The van der Waals surface area contributed by atoms with Crippen molar-refractivity contribution in [3.05, 3.63) is 107 Å². The molecule has 5 rings (SSSR count). The number of benzene rings is 3. The Kier molecular flexibility index (Phi) is 7.06. The minimum absolute atomic E-state index is 0.682. The maximum Gasteiger partial charge on any atom is 0.0991 e. The molecule has 0 amide bonds. The van der Waals surface area contributed by atoms with Crippen molar-refractivity contribution < 1.29 is 0 Å². The molecule has 3 aromatic carbocycles. The first-order valence-electron chi connectivity index (χ1n) is 11.4. The van der Waals surface area contributed by atoms with Crippen LogP contribution in [0.1, 0.15) is 11.1 Å². The highest BCUT2D eigenvalue weighted by atomic mass is 35.5. The van der Waals surface area contributed by atoms with E-state index in [2.05, 4.69) is 58.1 Å². The van der Waals surface area contributed by atoms with Gasteiger partial charge in [-0.25, -0.2) is 0 Å². The summed E-state index contributed by atoms with van der Waals surface area (Å²) in [7, 11) is 0. The number of nitrogens with zero attached hydrogens (tertiary/aromatic N) is 2. The van der Waals surface area contributed by atoms with Gasteiger partial charge in [0.2, 0.25) is 0 Å². The van der Waals surface area contributed by atoms with Gasteiger partial charge in [-0.2, -0.15) is 5.26 Å². The minimum atomic E-state index is 0.682. The van der Waals surface area contributed by atoms with Crippen LogP contribution in [-0.2, 0) is 6.54 Å². The SMILES string of the molecule is N#Cc1ccc(-c2ccc(-c3ccc(CNCCNc4ccnc5cc(Cl)ccc45)cc3)s2)cc1. The third-order valence-electron chi connectivity index (χ3n) is 5.79. The second-order valence-corrected chi connectivity index (χ2v) is 9.69. The third kappa shape index (κ3) is 5.52. The van der Waals surface area contributed by atoms with E-state index in [4.69, 9.17) is 16.9 Å². The van der Waals surface area contributed by atoms with Gasteiger partial charge in [0.25, 0.3) is 0 Å². The highest BCUT2D eigenvalue weighted by molar-refractivity contribution is 7.18. The Balaban J connectivity index is 1.13. The fourth-order valence-corrected chi connectivity index (χ4v) is 5.12. The van der Waals surface area contributed by atoms with Gasteiger partial charge in [-0.15, -0.1) is 11.3 Å². The molecule has 0 fully saturated rings. The lowest BCUT2D eigenvalue weighted by molar-refractivity contribution is 0.707. The lowest BCUT2D eigenvalue weighted by atomic mass is 10.1. The number of thiophene rings is 1. The van der Waals surface area contributed by atoms with E-state index in [1.807, 2.05) is 48.5 Å².